The van der Waals surface area contributed by atoms with Gasteiger partial charge in [-0.3, -0.25) is 0 Å². The van der Waals surface area contributed by atoms with Crippen LogP contribution in [0.25, 0.3) is 6.20 Å². The lowest BCUT2D eigenvalue weighted by Gasteiger charge is -2.07. The fraction of sp³-hybridized carbons (Fsp3) is 0.200. The highest BCUT2D eigenvalue weighted by Gasteiger charge is 2.02. The lowest BCUT2D eigenvalue weighted by Crippen LogP contribution is -2.12. The van der Waals surface area contributed by atoms with Crippen molar-refractivity contribution in [2.45, 2.75) is 6.54 Å². The third-order valence-electron chi connectivity index (χ3n) is 2.78. The molecule has 1 heterocycles. The van der Waals surface area contributed by atoms with E-state index in [0.717, 1.165) is 11.3 Å². The Labute approximate surface area is 123 Å². The van der Waals surface area contributed by atoms with Crippen LogP contribution in [0, 0.1) is 0 Å². The van der Waals surface area contributed by atoms with Gasteiger partial charge in [-0.1, -0.05) is 6.58 Å². The molecule has 6 heteroatoms. The van der Waals surface area contributed by atoms with Crippen molar-refractivity contribution in [3.8, 4) is 5.75 Å². The summed E-state index contributed by atoms with van der Waals surface area (Å²) in [7, 11) is 1.33. The summed E-state index contributed by atoms with van der Waals surface area (Å²) >= 11 is 0. The molecule has 0 amide bonds. The summed E-state index contributed by atoms with van der Waals surface area (Å²) < 4.78 is 11.4. The van der Waals surface area contributed by atoms with Crippen LogP contribution in [0.2, 0.25) is 0 Å². The van der Waals surface area contributed by atoms with Crippen LogP contribution in [0.5, 0.6) is 5.75 Å². The van der Waals surface area contributed by atoms with Gasteiger partial charge in [0.2, 0.25) is 0 Å². The molecule has 6 nitrogen and oxygen atoms in total. The molecule has 0 unspecified atom stereocenters. The third kappa shape index (κ3) is 4.38. The highest BCUT2D eigenvalue weighted by atomic mass is 16.6. The molecule has 0 spiro atoms. The van der Waals surface area contributed by atoms with Gasteiger partial charge >= 0.3 is 5.97 Å². The van der Waals surface area contributed by atoms with Crippen molar-refractivity contribution in [2.75, 3.05) is 19.0 Å². The number of nitrogens with one attached hydrogen (secondary N) is 1. The first kappa shape index (κ1) is 14.6. The molecular weight excluding hydrogens is 270 g/mol. The van der Waals surface area contributed by atoms with Crippen molar-refractivity contribution in [3.05, 3.63) is 48.8 Å². The highest BCUT2D eigenvalue weighted by molar-refractivity contribution is 5.70. The van der Waals surface area contributed by atoms with Gasteiger partial charge in [-0.15, -0.1) is 0 Å². The van der Waals surface area contributed by atoms with Crippen molar-refractivity contribution in [1.29, 1.82) is 0 Å². The second-order valence-electron chi connectivity index (χ2n) is 4.25. The van der Waals surface area contributed by atoms with E-state index in [1.165, 1.54) is 7.11 Å². The van der Waals surface area contributed by atoms with Crippen LogP contribution in [-0.4, -0.2) is 29.5 Å². The van der Waals surface area contributed by atoms with E-state index in [-0.39, 0.29) is 6.61 Å². The van der Waals surface area contributed by atoms with E-state index < -0.39 is 5.97 Å². The van der Waals surface area contributed by atoms with Gasteiger partial charge in [0.1, 0.15) is 5.75 Å². The number of anilines is 1. The van der Waals surface area contributed by atoms with Crippen LogP contribution < -0.4 is 10.1 Å². The molecule has 2 rings (SSSR count). The standard InChI is InChI=1S/C15H17N3O3/c1-3-18-10-12(9-17-18)8-16-13-4-6-14(7-5-13)21-11-15(19)20-2/h3-7,9-10,16H,1,8,11H2,2H3. The molecule has 21 heavy (non-hydrogen) atoms. The predicted octanol–water partition coefficient (Wildman–Crippen LogP) is 2.15. The zero-order valence-corrected chi connectivity index (χ0v) is 11.8. The smallest absolute Gasteiger partial charge is 0.343 e. The Morgan fingerprint density at radius 2 is 2.19 bits per heavy atom. The minimum Gasteiger partial charge on any atom is -0.482 e. The number of carbonyl (C=O) groups is 1. The molecular formula is C15H17N3O3. The normalized spacial score (nSPS) is 9.95. The van der Waals surface area contributed by atoms with Gasteiger partial charge in [0.05, 0.1) is 13.3 Å². The zero-order chi connectivity index (χ0) is 15.1. The van der Waals surface area contributed by atoms with E-state index in [0.29, 0.717) is 12.3 Å². The molecule has 0 fully saturated rings. The number of hydrogen-bond acceptors (Lipinski definition) is 5. The Kier molecular flexibility index (Phi) is 4.98. The maximum absolute atomic E-state index is 11.0. The topological polar surface area (TPSA) is 65.4 Å². The quantitative estimate of drug-likeness (QED) is 0.790. The van der Waals surface area contributed by atoms with Gasteiger partial charge < -0.3 is 14.8 Å². The van der Waals surface area contributed by atoms with Crippen molar-refractivity contribution < 1.29 is 14.3 Å². The first-order chi connectivity index (χ1) is 10.2. The number of esters is 1. The van der Waals surface area contributed by atoms with Crippen LogP contribution in [0.1, 0.15) is 5.56 Å². The highest BCUT2D eigenvalue weighted by Crippen LogP contribution is 2.16. The van der Waals surface area contributed by atoms with Gasteiger partial charge in [-0.05, 0) is 24.3 Å². The Balaban J connectivity index is 1.84. The maximum Gasteiger partial charge on any atom is 0.343 e. The molecule has 0 saturated carbocycles. The van der Waals surface area contributed by atoms with Gasteiger partial charge in [-0.25, -0.2) is 9.48 Å². The number of ether oxygens (including phenoxy) is 2. The van der Waals surface area contributed by atoms with Crippen LogP contribution in [0.3, 0.4) is 0 Å². The lowest BCUT2D eigenvalue weighted by atomic mass is 10.3. The second-order valence-corrected chi connectivity index (χ2v) is 4.25. The molecule has 1 aromatic carbocycles. The van der Waals surface area contributed by atoms with Gasteiger partial charge in [0.15, 0.2) is 6.61 Å². The summed E-state index contributed by atoms with van der Waals surface area (Å²) in [6, 6.07) is 7.34. The molecule has 1 aromatic heterocycles. The summed E-state index contributed by atoms with van der Waals surface area (Å²) in [5, 5.41) is 7.37. The Bertz CT molecular complexity index is 605. The lowest BCUT2D eigenvalue weighted by molar-refractivity contribution is -0.142. The van der Waals surface area contributed by atoms with Gasteiger partial charge in [-0.2, -0.15) is 5.10 Å². The van der Waals surface area contributed by atoms with E-state index in [4.69, 9.17) is 4.74 Å². The minimum atomic E-state index is -0.406. The largest absolute Gasteiger partial charge is 0.482 e. The van der Waals surface area contributed by atoms with E-state index in [2.05, 4.69) is 21.7 Å². The summed E-state index contributed by atoms with van der Waals surface area (Å²) in [6.45, 7) is 4.21. The van der Waals surface area contributed by atoms with E-state index in [1.807, 2.05) is 18.3 Å². The first-order valence-corrected chi connectivity index (χ1v) is 6.40. The Morgan fingerprint density at radius 3 is 2.81 bits per heavy atom. The molecule has 0 aliphatic heterocycles. The Hall–Kier alpha value is -2.76. The van der Waals surface area contributed by atoms with Crippen LogP contribution >= 0.6 is 0 Å². The molecule has 0 radical (unpaired) electrons. The minimum absolute atomic E-state index is 0.0932. The SMILES string of the molecule is C=Cn1cc(CNc2ccc(OCC(=O)OC)cc2)cn1. The molecule has 110 valence electrons. The average molecular weight is 287 g/mol. The number of rotatable bonds is 7. The van der Waals surface area contributed by atoms with Gasteiger partial charge in [0, 0.05) is 30.2 Å². The molecule has 0 bridgehead atoms. The molecule has 0 aliphatic rings. The van der Waals surface area contributed by atoms with Crippen molar-refractivity contribution in [3.63, 3.8) is 0 Å². The molecule has 1 N–H and O–H groups in total. The predicted molar refractivity (Wildman–Crippen MR) is 79.9 cm³/mol. The number of hydrogen-bond donors (Lipinski definition) is 1. The maximum atomic E-state index is 11.0. The number of benzene rings is 1. The van der Waals surface area contributed by atoms with Crippen molar-refractivity contribution in [2.24, 2.45) is 0 Å². The first-order valence-electron chi connectivity index (χ1n) is 6.40. The number of carbonyl (C=O) groups excluding carboxylic acids is 1. The molecule has 2 aromatic rings. The van der Waals surface area contributed by atoms with Crippen LogP contribution in [0.15, 0.2) is 43.2 Å². The number of nitrogens with zero attached hydrogens (tertiary/aromatic N) is 2. The molecule has 0 aliphatic carbocycles. The molecule has 0 saturated heterocycles. The Morgan fingerprint density at radius 1 is 1.43 bits per heavy atom. The van der Waals surface area contributed by atoms with Crippen molar-refractivity contribution in [1.82, 2.24) is 9.78 Å². The van der Waals surface area contributed by atoms with Gasteiger partial charge in [0.25, 0.3) is 0 Å². The molecule has 0 atom stereocenters. The summed E-state index contributed by atoms with van der Waals surface area (Å²) in [4.78, 5) is 11.0. The fourth-order valence-corrected chi connectivity index (χ4v) is 1.64. The third-order valence-corrected chi connectivity index (χ3v) is 2.78. The van der Waals surface area contributed by atoms with Crippen LogP contribution in [-0.2, 0) is 16.1 Å². The summed E-state index contributed by atoms with van der Waals surface area (Å²) in [6.07, 6.45) is 5.31. The monoisotopic (exact) mass is 287 g/mol. The van der Waals surface area contributed by atoms with E-state index >= 15 is 0 Å². The van der Waals surface area contributed by atoms with Crippen LogP contribution in [0.4, 0.5) is 5.69 Å². The van der Waals surface area contributed by atoms with E-state index in [9.17, 15) is 4.79 Å². The fourth-order valence-electron chi connectivity index (χ4n) is 1.64. The number of methoxy groups -OCH3 is 1. The summed E-state index contributed by atoms with van der Waals surface area (Å²) in [5.41, 5.74) is 2.01. The van der Waals surface area contributed by atoms with Crippen molar-refractivity contribution >= 4 is 17.9 Å². The second kappa shape index (κ2) is 7.14. The van der Waals surface area contributed by atoms with E-state index in [1.54, 1.807) is 29.2 Å². The number of aromatic nitrogens is 2. The zero-order valence-electron chi connectivity index (χ0n) is 11.8. The summed E-state index contributed by atoms with van der Waals surface area (Å²) in [5.74, 6) is 0.210. The average Bonchev–Trinajstić information content (AvgIpc) is 2.99.